The van der Waals surface area contributed by atoms with Crippen LogP contribution in [-0.2, 0) is 6.42 Å². The van der Waals surface area contributed by atoms with Gasteiger partial charge in [-0.3, -0.25) is 0 Å². The van der Waals surface area contributed by atoms with Gasteiger partial charge in [-0.2, -0.15) is 0 Å². The van der Waals surface area contributed by atoms with Gasteiger partial charge in [0.05, 0.1) is 5.71 Å². The fraction of sp³-hybridized carbons (Fsp3) is 0.417. The van der Waals surface area contributed by atoms with Crippen LogP contribution in [0.2, 0.25) is 0 Å². The molecule has 0 saturated carbocycles. The molecule has 0 saturated heterocycles. The first kappa shape index (κ1) is 10.0. The minimum absolute atomic E-state index is 0.664. The number of aryl methyl sites for hydroxylation is 1. The van der Waals surface area contributed by atoms with E-state index in [1.807, 2.05) is 13.0 Å². The number of hydrogen-bond donors (Lipinski definition) is 1. The summed E-state index contributed by atoms with van der Waals surface area (Å²) in [5.41, 5.74) is 4.31. The Hall–Kier alpha value is -1.51. The van der Waals surface area contributed by atoms with Gasteiger partial charge in [0.1, 0.15) is 0 Å². The second kappa shape index (κ2) is 3.93. The molecule has 1 aromatic carbocycles. The molecular weight excluding hydrogens is 188 g/mol. The molecule has 3 heteroatoms. The summed E-state index contributed by atoms with van der Waals surface area (Å²) in [6.07, 6.45) is 2.37. The fourth-order valence-corrected chi connectivity index (χ4v) is 2.04. The molecule has 1 aromatic rings. The molecule has 80 valence electrons. The first-order chi connectivity index (χ1) is 7.22. The number of benzene rings is 1. The predicted octanol–water partition coefficient (Wildman–Crippen LogP) is 2.27. The second-order valence-electron chi connectivity index (χ2n) is 4.05. The van der Waals surface area contributed by atoms with Crippen LogP contribution >= 0.6 is 0 Å². The van der Waals surface area contributed by atoms with E-state index < -0.39 is 0 Å². The molecule has 1 aliphatic rings. The van der Waals surface area contributed by atoms with Gasteiger partial charge in [0.2, 0.25) is 0 Å². The highest BCUT2D eigenvalue weighted by atomic mass is 16.4. The minimum Gasteiger partial charge on any atom is -0.411 e. The Morgan fingerprint density at radius 1 is 1.47 bits per heavy atom. The lowest BCUT2D eigenvalue weighted by Crippen LogP contribution is -2.24. The molecule has 0 aliphatic carbocycles. The summed E-state index contributed by atoms with van der Waals surface area (Å²) in [6.45, 7) is 2.91. The highest BCUT2D eigenvalue weighted by molar-refractivity contribution is 5.99. The van der Waals surface area contributed by atoms with Crippen LogP contribution in [0.5, 0.6) is 0 Å². The summed E-state index contributed by atoms with van der Waals surface area (Å²) in [4.78, 5) is 2.26. The molecule has 2 rings (SSSR count). The van der Waals surface area contributed by atoms with Gasteiger partial charge in [-0.25, -0.2) is 0 Å². The van der Waals surface area contributed by atoms with Gasteiger partial charge in [-0.1, -0.05) is 17.3 Å². The minimum atomic E-state index is 0.664. The average molecular weight is 204 g/mol. The SMILES string of the molecule is C/C(=N/O)c1ccc2c(c1)N(C)CCC2. The van der Waals surface area contributed by atoms with Crippen LogP contribution in [0.4, 0.5) is 5.69 Å². The Morgan fingerprint density at radius 3 is 3.00 bits per heavy atom. The molecule has 0 spiro atoms. The molecule has 1 N–H and O–H groups in total. The molecule has 0 fully saturated rings. The monoisotopic (exact) mass is 204 g/mol. The van der Waals surface area contributed by atoms with Crippen molar-refractivity contribution in [1.82, 2.24) is 0 Å². The molecular formula is C12H16N2O. The maximum Gasteiger partial charge on any atom is 0.0837 e. The van der Waals surface area contributed by atoms with Gasteiger partial charge in [0, 0.05) is 24.8 Å². The highest BCUT2D eigenvalue weighted by Gasteiger charge is 2.14. The molecule has 0 radical (unpaired) electrons. The summed E-state index contributed by atoms with van der Waals surface area (Å²) in [5, 5.41) is 12.0. The van der Waals surface area contributed by atoms with Crippen molar-refractivity contribution < 1.29 is 5.21 Å². The summed E-state index contributed by atoms with van der Waals surface area (Å²) in [6, 6.07) is 6.26. The smallest absolute Gasteiger partial charge is 0.0837 e. The third-order valence-corrected chi connectivity index (χ3v) is 3.00. The van der Waals surface area contributed by atoms with E-state index in [-0.39, 0.29) is 0 Å². The molecule has 3 nitrogen and oxygen atoms in total. The van der Waals surface area contributed by atoms with Gasteiger partial charge in [-0.15, -0.1) is 0 Å². The third kappa shape index (κ3) is 1.82. The topological polar surface area (TPSA) is 35.8 Å². The lowest BCUT2D eigenvalue weighted by molar-refractivity contribution is 0.319. The molecule has 0 atom stereocenters. The molecule has 15 heavy (non-hydrogen) atoms. The Bertz CT molecular complexity index is 399. The Labute approximate surface area is 90.0 Å². The number of oxime groups is 1. The van der Waals surface area contributed by atoms with Crippen molar-refractivity contribution in [3.8, 4) is 0 Å². The van der Waals surface area contributed by atoms with E-state index in [1.54, 1.807) is 0 Å². The summed E-state index contributed by atoms with van der Waals surface area (Å²) in [7, 11) is 2.10. The predicted molar refractivity (Wildman–Crippen MR) is 62.0 cm³/mol. The van der Waals surface area contributed by atoms with Gasteiger partial charge >= 0.3 is 0 Å². The van der Waals surface area contributed by atoms with E-state index in [4.69, 9.17) is 5.21 Å². The first-order valence-electron chi connectivity index (χ1n) is 5.25. The zero-order valence-electron chi connectivity index (χ0n) is 9.20. The van der Waals surface area contributed by atoms with Crippen LogP contribution in [0.1, 0.15) is 24.5 Å². The number of rotatable bonds is 1. The van der Waals surface area contributed by atoms with Crippen LogP contribution in [-0.4, -0.2) is 24.5 Å². The van der Waals surface area contributed by atoms with Crippen molar-refractivity contribution in [3.63, 3.8) is 0 Å². The number of fused-ring (bicyclic) bond motifs is 1. The summed E-state index contributed by atoms with van der Waals surface area (Å²) >= 11 is 0. The maximum atomic E-state index is 8.73. The summed E-state index contributed by atoms with van der Waals surface area (Å²) < 4.78 is 0. The van der Waals surface area contributed by atoms with Gasteiger partial charge < -0.3 is 10.1 Å². The van der Waals surface area contributed by atoms with E-state index >= 15 is 0 Å². The molecule has 0 aromatic heterocycles. The average Bonchev–Trinajstić information content (AvgIpc) is 2.28. The molecule has 1 heterocycles. The van der Waals surface area contributed by atoms with Crippen molar-refractivity contribution >= 4 is 11.4 Å². The normalized spacial score (nSPS) is 16.4. The van der Waals surface area contributed by atoms with E-state index in [0.29, 0.717) is 5.71 Å². The standard InChI is InChI=1S/C12H16N2O/c1-9(13-15)11-6-5-10-4-3-7-14(2)12(10)8-11/h5-6,8,15H,3-4,7H2,1-2H3/b13-9-. The van der Waals surface area contributed by atoms with E-state index in [1.165, 1.54) is 17.7 Å². The third-order valence-electron chi connectivity index (χ3n) is 3.00. The Kier molecular flexibility index (Phi) is 2.62. The lowest BCUT2D eigenvalue weighted by atomic mass is 9.99. The van der Waals surface area contributed by atoms with Crippen molar-refractivity contribution in [2.75, 3.05) is 18.5 Å². The van der Waals surface area contributed by atoms with E-state index in [9.17, 15) is 0 Å². The Morgan fingerprint density at radius 2 is 2.27 bits per heavy atom. The van der Waals surface area contributed by atoms with Crippen molar-refractivity contribution in [2.45, 2.75) is 19.8 Å². The van der Waals surface area contributed by atoms with Gasteiger partial charge in [-0.05, 0) is 31.4 Å². The lowest BCUT2D eigenvalue weighted by Gasteiger charge is -2.27. The first-order valence-corrected chi connectivity index (χ1v) is 5.25. The molecule has 1 aliphatic heterocycles. The molecule has 0 amide bonds. The van der Waals surface area contributed by atoms with E-state index in [0.717, 1.165) is 18.5 Å². The summed E-state index contributed by atoms with van der Waals surface area (Å²) in [5.74, 6) is 0. The zero-order valence-corrected chi connectivity index (χ0v) is 9.20. The number of hydrogen-bond acceptors (Lipinski definition) is 3. The number of anilines is 1. The highest BCUT2D eigenvalue weighted by Crippen LogP contribution is 2.27. The number of nitrogens with zero attached hydrogens (tertiary/aromatic N) is 2. The van der Waals surface area contributed by atoms with Crippen molar-refractivity contribution in [1.29, 1.82) is 0 Å². The van der Waals surface area contributed by atoms with Crippen LogP contribution < -0.4 is 4.90 Å². The van der Waals surface area contributed by atoms with Crippen LogP contribution in [0.15, 0.2) is 23.4 Å². The van der Waals surface area contributed by atoms with E-state index in [2.05, 4.69) is 29.2 Å². The zero-order chi connectivity index (χ0) is 10.8. The molecule has 0 bridgehead atoms. The quantitative estimate of drug-likeness (QED) is 0.433. The van der Waals surface area contributed by atoms with Gasteiger partial charge in [0.15, 0.2) is 0 Å². The largest absolute Gasteiger partial charge is 0.411 e. The second-order valence-corrected chi connectivity index (χ2v) is 4.05. The van der Waals surface area contributed by atoms with Crippen LogP contribution in [0.25, 0.3) is 0 Å². The van der Waals surface area contributed by atoms with Crippen LogP contribution in [0, 0.1) is 0 Å². The molecule has 0 unspecified atom stereocenters. The van der Waals surface area contributed by atoms with Gasteiger partial charge in [0.25, 0.3) is 0 Å². The van der Waals surface area contributed by atoms with Crippen LogP contribution in [0.3, 0.4) is 0 Å². The van der Waals surface area contributed by atoms with Crippen molar-refractivity contribution in [3.05, 3.63) is 29.3 Å². The maximum absolute atomic E-state index is 8.73. The van der Waals surface area contributed by atoms with Crippen molar-refractivity contribution in [2.24, 2.45) is 5.16 Å². The Balaban J connectivity index is 2.44. The fourth-order valence-electron chi connectivity index (χ4n) is 2.04.